The summed E-state index contributed by atoms with van der Waals surface area (Å²) in [6.07, 6.45) is 2.66. The zero-order valence-corrected chi connectivity index (χ0v) is 32.3. The minimum Gasteiger partial charge on any atom is -0.230 e. The molecule has 2 rings (SSSR count). The number of benzene rings is 1. The first-order chi connectivity index (χ1) is 19.9. The van der Waals surface area contributed by atoms with Gasteiger partial charge in [0.1, 0.15) is 11.2 Å². The average Bonchev–Trinajstić information content (AvgIpc) is 2.82. The van der Waals surface area contributed by atoms with Gasteiger partial charge in [-0.25, -0.2) is 29.3 Å². The van der Waals surface area contributed by atoms with E-state index in [-0.39, 0.29) is 27.8 Å². The van der Waals surface area contributed by atoms with E-state index in [4.69, 9.17) is 39.1 Å². The first-order valence-electron chi connectivity index (χ1n) is 16.4. The third-order valence-corrected chi connectivity index (χ3v) is 6.42. The van der Waals surface area contributed by atoms with Crippen LogP contribution in [0.25, 0.3) is 0 Å². The molecular weight excluding hydrogens is 572 g/mol. The highest BCUT2D eigenvalue weighted by Gasteiger charge is 2.48. The van der Waals surface area contributed by atoms with E-state index in [0.717, 1.165) is 30.4 Å². The van der Waals surface area contributed by atoms with Crippen molar-refractivity contribution >= 4 is 0 Å². The second-order valence-corrected chi connectivity index (χ2v) is 18.4. The van der Waals surface area contributed by atoms with E-state index in [9.17, 15) is 0 Å². The van der Waals surface area contributed by atoms with Gasteiger partial charge in [0.15, 0.2) is 0 Å². The first kappa shape index (κ1) is 41.9. The van der Waals surface area contributed by atoms with Crippen molar-refractivity contribution < 1.29 is 39.1 Å². The van der Waals surface area contributed by atoms with Crippen molar-refractivity contribution in [2.24, 2.45) is 11.3 Å². The largest absolute Gasteiger partial charge is 0.234 e. The molecular formula is C37H68O8. The van der Waals surface area contributed by atoms with E-state index >= 15 is 0 Å². The Hall–Kier alpha value is -1.10. The fraction of sp³-hybridized carbons (Fsp3) is 0.838. The van der Waals surface area contributed by atoms with Crippen molar-refractivity contribution in [1.82, 2.24) is 0 Å². The lowest BCUT2D eigenvalue weighted by Crippen LogP contribution is -2.48. The van der Waals surface area contributed by atoms with E-state index in [1.54, 1.807) is 0 Å². The summed E-state index contributed by atoms with van der Waals surface area (Å²) in [7, 11) is 0. The lowest BCUT2D eigenvalue weighted by Gasteiger charge is -2.46. The van der Waals surface area contributed by atoms with Crippen molar-refractivity contribution in [2.45, 2.75) is 190 Å². The van der Waals surface area contributed by atoms with Crippen LogP contribution < -0.4 is 0 Å². The van der Waals surface area contributed by atoms with Gasteiger partial charge in [-0.05, 0) is 140 Å². The summed E-state index contributed by atoms with van der Waals surface area (Å²) < 4.78 is 0. The molecule has 0 spiro atoms. The minimum atomic E-state index is -0.846. The topological polar surface area (TPSA) is 73.8 Å². The average molecular weight is 641 g/mol. The Bertz CT molecular complexity index is 965. The van der Waals surface area contributed by atoms with Gasteiger partial charge in [0.25, 0.3) is 0 Å². The number of rotatable bonds is 10. The lowest BCUT2D eigenvalue weighted by molar-refractivity contribution is -0.551. The van der Waals surface area contributed by atoms with Gasteiger partial charge in [-0.3, -0.25) is 0 Å². The summed E-state index contributed by atoms with van der Waals surface area (Å²) in [6, 6.07) is 8.04. The van der Waals surface area contributed by atoms with Gasteiger partial charge in [-0.2, -0.15) is 9.78 Å². The molecule has 8 nitrogen and oxygen atoms in total. The van der Waals surface area contributed by atoms with Crippen LogP contribution in [0.15, 0.2) is 24.3 Å². The van der Waals surface area contributed by atoms with Crippen LogP contribution in [-0.2, 0) is 50.3 Å². The van der Waals surface area contributed by atoms with Crippen LogP contribution in [0.5, 0.6) is 0 Å². The molecule has 45 heavy (non-hydrogen) atoms. The van der Waals surface area contributed by atoms with Crippen molar-refractivity contribution in [2.75, 3.05) is 0 Å². The first-order valence-corrected chi connectivity index (χ1v) is 16.4. The number of hydrogen-bond donors (Lipinski definition) is 0. The molecule has 1 fully saturated rings. The Kier molecular flexibility index (Phi) is 14.0. The Morgan fingerprint density at radius 1 is 0.511 bits per heavy atom. The summed E-state index contributed by atoms with van der Waals surface area (Å²) in [5, 5.41) is 0. The highest BCUT2D eigenvalue weighted by atomic mass is 17.3. The van der Waals surface area contributed by atoms with Gasteiger partial charge in [-0.1, -0.05) is 45.0 Å². The molecule has 0 radical (unpaired) electrons. The Labute approximate surface area is 275 Å². The molecule has 0 heterocycles. The molecule has 1 aromatic carbocycles. The van der Waals surface area contributed by atoms with Crippen molar-refractivity contribution in [3.05, 3.63) is 35.4 Å². The molecule has 1 aromatic rings. The fourth-order valence-corrected chi connectivity index (χ4v) is 5.04. The molecule has 0 saturated heterocycles. The normalized spacial score (nSPS) is 19.6. The van der Waals surface area contributed by atoms with Gasteiger partial charge in [0.05, 0.1) is 22.4 Å². The van der Waals surface area contributed by atoms with E-state index in [0.29, 0.717) is 5.92 Å². The van der Waals surface area contributed by atoms with Crippen molar-refractivity contribution in [3.63, 3.8) is 0 Å². The van der Waals surface area contributed by atoms with Gasteiger partial charge < -0.3 is 0 Å². The summed E-state index contributed by atoms with van der Waals surface area (Å²) in [6.45, 7) is 38.1. The quantitative estimate of drug-likeness (QED) is 0.142. The second kappa shape index (κ2) is 15.0. The van der Waals surface area contributed by atoms with E-state index in [1.807, 2.05) is 135 Å². The van der Waals surface area contributed by atoms with Crippen LogP contribution >= 0.6 is 0 Å². The molecule has 1 aliphatic rings. The highest BCUT2D eigenvalue weighted by Crippen LogP contribution is 2.47. The maximum atomic E-state index is 5.79. The Morgan fingerprint density at radius 3 is 1.13 bits per heavy atom. The van der Waals surface area contributed by atoms with Crippen LogP contribution in [-0.4, -0.2) is 28.2 Å². The van der Waals surface area contributed by atoms with E-state index in [1.165, 1.54) is 0 Å². The zero-order valence-electron chi connectivity index (χ0n) is 32.3. The van der Waals surface area contributed by atoms with Crippen LogP contribution in [0.1, 0.15) is 162 Å². The SMILES string of the molecule is CC(C)(C)OOC(C)(C)c1ccccc1C(C)(C)OOC(C)(C)C.CC1CC(C)(C)CC(OOC(C)(C)C)(OOC(C)(C)C)C1. The maximum absolute atomic E-state index is 5.79. The van der Waals surface area contributed by atoms with Gasteiger partial charge >= 0.3 is 0 Å². The molecule has 0 aromatic heterocycles. The molecule has 1 atom stereocenters. The van der Waals surface area contributed by atoms with Crippen LogP contribution in [0.4, 0.5) is 0 Å². The molecule has 1 aliphatic carbocycles. The predicted molar refractivity (Wildman–Crippen MR) is 180 cm³/mol. The van der Waals surface area contributed by atoms with Crippen molar-refractivity contribution in [3.8, 4) is 0 Å². The summed E-state index contributed by atoms with van der Waals surface area (Å²) in [5.74, 6) is -0.359. The summed E-state index contributed by atoms with van der Waals surface area (Å²) in [5.41, 5.74) is -0.681. The molecule has 1 unspecified atom stereocenters. The van der Waals surface area contributed by atoms with Crippen molar-refractivity contribution in [1.29, 1.82) is 0 Å². The molecule has 264 valence electrons. The monoisotopic (exact) mass is 640 g/mol. The van der Waals surface area contributed by atoms with Crippen LogP contribution in [0, 0.1) is 11.3 Å². The molecule has 1 saturated carbocycles. The molecule has 0 aliphatic heterocycles. The van der Waals surface area contributed by atoms with Crippen LogP contribution in [0.2, 0.25) is 0 Å². The van der Waals surface area contributed by atoms with E-state index < -0.39 is 17.0 Å². The Morgan fingerprint density at radius 2 is 0.844 bits per heavy atom. The standard InChI is InChI=1S/C20H34O4.C17H34O4/c1-17(2,3)21-23-19(7,8)15-13-11-12-14-16(15)20(9,10)24-22-18(4,5)6;1-13-10-16(8,9)12-17(11-13,20-18-14(2,3)4)21-19-15(5,6)7/h11-14H,1-10H3;13H,10-12H2,1-9H3. The van der Waals surface area contributed by atoms with Gasteiger partial charge in [0, 0.05) is 12.8 Å². The molecule has 0 amide bonds. The van der Waals surface area contributed by atoms with E-state index in [2.05, 4.69) is 20.8 Å². The molecule has 8 heteroatoms. The Balaban J connectivity index is 0.000000454. The molecule has 0 N–H and O–H groups in total. The van der Waals surface area contributed by atoms with Gasteiger partial charge in [-0.15, -0.1) is 0 Å². The lowest BCUT2D eigenvalue weighted by atomic mass is 9.70. The predicted octanol–water partition coefficient (Wildman–Crippen LogP) is 10.7. The second-order valence-electron chi connectivity index (χ2n) is 18.4. The highest BCUT2D eigenvalue weighted by molar-refractivity contribution is 5.35. The number of hydrogen-bond acceptors (Lipinski definition) is 8. The molecule has 0 bridgehead atoms. The smallest absolute Gasteiger partial charge is 0.230 e. The summed E-state index contributed by atoms with van der Waals surface area (Å²) in [4.78, 5) is 45.4. The zero-order chi connectivity index (χ0) is 35.3. The maximum Gasteiger partial charge on any atom is 0.234 e. The minimum absolute atomic E-state index is 0.125. The fourth-order valence-electron chi connectivity index (χ4n) is 5.04. The third-order valence-electron chi connectivity index (χ3n) is 6.42. The third kappa shape index (κ3) is 16.5. The van der Waals surface area contributed by atoms with Crippen LogP contribution in [0.3, 0.4) is 0 Å². The van der Waals surface area contributed by atoms with Gasteiger partial charge in [0.2, 0.25) is 5.79 Å². The summed E-state index contributed by atoms with van der Waals surface area (Å²) >= 11 is 0.